The fraction of sp³-hybridized carbons (Fsp3) is 0.889. The normalized spacial score (nSPS) is 21.3. The van der Waals surface area contributed by atoms with Gasteiger partial charge >= 0.3 is 0 Å². The Morgan fingerprint density at radius 1 is 1.22 bits per heavy atom. The smallest absolute Gasteiger partial charge is 0.222 e. The number of carbonyl (C=O) groups excluding carboxylic acids is 1. The molecule has 1 aromatic rings. The zero-order valence-electron chi connectivity index (χ0n) is 16.7. The summed E-state index contributed by atoms with van der Waals surface area (Å²) in [6, 6.07) is 0.517. The zero-order valence-corrected chi connectivity index (χ0v) is 16.7. The molecule has 0 aromatic carbocycles. The minimum absolute atomic E-state index is 0.257. The number of carbonyl (C=O) groups is 1. The molecule has 9 nitrogen and oxygen atoms in total. The molecule has 2 aliphatic heterocycles. The van der Waals surface area contributed by atoms with Crippen molar-refractivity contribution in [3.8, 4) is 0 Å². The first kappa shape index (κ1) is 20.2. The Morgan fingerprint density at radius 2 is 2.00 bits per heavy atom. The summed E-state index contributed by atoms with van der Waals surface area (Å²) in [4.78, 5) is 19.3. The molecule has 0 aliphatic carbocycles. The maximum atomic E-state index is 12.5. The van der Waals surface area contributed by atoms with Crippen molar-refractivity contribution in [2.45, 2.75) is 52.2 Å². The van der Waals surface area contributed by atoms with E-state index >= 15 is 0 Å². The standard InChI is InChI=1S/C18H33N7O2/c1-3-23(4-2)16-7-9-24(14-16)18(26)6-5-8-25-17(19-20-21-25)15-22-10-12-27-13-11-22/h16H,3-15H2,1-2H3/t16-/m0/s1. The first-order chi connectivity index (χ1) is 13.2. The lowest BCUT2D eigenvalue weighted by atomic mass is 10.2. The monoisotopic (exact) mass is 379 g/mol. The second-order valence-electron chi connectivity index (χ2n) is 7.31. The molecule has 27 heavy (non-hydrogen) atoms. The number of hydrogen-bond acceptors (Lipinski definition) is 7. The Labute approximate surface area is 161 Å². The van der Waals surface area contributed by atoms with Gasteiger partial charge in [-0.2, -0.15) is 0 Å². The summed E-state index contributed by atoms with van der Waals surface area (Å²) in [6.45, 7) is 13.0. The van der Waals surface area contributed by atoms with Gasteiger partial charge in [-0.1, -0.05) is 13.8 Å². The minimum atomic E-state index is 0.257. The average molecular weight is 380 g/mol. The molecular weight excluding hydrogens is 346 g/mol. The Balaban J connectivity index is 1.41. The van der Waals surface area contributed by atoms with Gasteiger partial charge in [0.1, 0.15) is 0 Å². The molecule has 0 bridgehead atoms. The van der Waals surface area contributed by atoms with E-state index in [4.69, 9.17) is 4.74 Å². The maximum Gasteiger partial charge on any atom is 0.222 e. The molecule has 3 rings (SSSR count). The van der Waals surface area contributed by atoms with Gasteiger partial charge < -0.3 is 9.64 Å². The van der Waals surface area contributed by atoms with Crippen LogP contribution in [0.5, 0.6) is 0 Å². The summed E-state index contributed by atoms with van der Waals surface area (Å²) < 4.78 is 7.22. The van der Waals surface area contributed by atoms with Crippen LogP contribution in [-0.4, -0.2) is 99.3 Å². The number of rotatable bonds is 9. The lowest BCUT2D eigenvalue weighted by Gasteiger charge is -2.26. The summed E-state index contributed by atoms with van der Waals surface area (Å²) in [5.74, 6) is 1.12. The van der Waals surface area contributed by atoms with Crippen molar-refractivity contribution in [1.82, 2.24) is 34.9 Å². The van der Waals surface area contributed by atoms with Crippen LogP contribution in [0.25, 0.3) is 0 Å². The van der Waals surface area contributed by atoms with Crippen LogP contribution in [0.15, 0.2) is 0 Å². The van der Waals surface area contributed by atoms with Crippen LogP contribution < -0.4 is 0 Å². The van der Waals surface area contributed by atoms with Crippen molar-refractivity contribution in [2.24, 2.45) is 0 Å². The van der Waals surface area contributed by atoms with E-state index in [1.165, 1.54) is 0 Å². The largest absolute Gasteiger partial charge is 0.379 e. The predicted molar refractivity (Wildman–Crippen MR) is 101 cm³/mol. The number of nitrogens with zero attached hydrogens (tertiary/aromatic N) is 7. The number of aryl methyl sites for hydroxylation is 1. The topological polar surface area (TPSA) is 79.6 Å². The van der Waals surface area contributed by atoms with Crippen molar-refractivity contribution in [3.05, 3.63) is 5.82 Å². The number of amides is 1. The highest BCUT2D eigenvalue weighted by molar-refractivity contribution is 5.76. The fourth-order valence-corrected chi connectivity index (χ4v) is 4.01. The number of aromatic nitrogens is 4. The van der Waals surface area contributed by atoms with Crippen LogP contribution >= 0.6 is 0 Å². The summed E-state index contributed by atoms with van der Waals surface area (Å²) in [5.41, 5.74) is 0. The average Bonchev–Trinajstić information content (AvgIpc) is 3.34. The quantitative estimate of drug-likeness (QED) is 0.607. The van der Waals surface area contributed by atoms with Gasteiger partial charge in [-0.05, 0) is 36.4 Å². The Bertz CT molecular complexity index is 584. The van der Waals surface area contributed by atoms with Gasteiger partial charge in [-0.3, -0.25) is 14.6 Å². The zero-order chi connectivity index (χ0) is 19.1. The van der Waals surface area contributed by atoms with Crippen molar-refractivity contribution in [1.29, 1.82) is 0 Å². The molecular formula is C18H33N7O2. The molecule has 0 unspecified atom stereocenters. The number of hydrogen-bond donors (Lipinski definition) is 0. The second-order valence-corrected chi connectivity index (χ2v) is 7.31. The molecule has 1 aromatic heterocycles. The van der Waals surface area contributed by atoms with Crippen LogP contribution in [0.3, 0.4) is 0 Å². The summed E-state index contributed by atoms with van der Waals surface area (Å²) in [5, 5.41) is 12.1. The molecule has 1 atom stereocenters. The molecule has 2 aliphatic rings. The molecule has 3 heterocycles. The number of morpholine rings is 1. The molecule has 1 amide bonds. The minimum Gasteiger partial charge on any atom is -0.379 e. The Hall–Kier alpha value is -1.58. The lowest BCUT2D eigenvalue weighted by molar-refractivity contribution is -0.130. The lowest BCUT2D eigenvalue weighted by Crippen LogP contribution is -2.38. The van der Waals surface area contributed by atoms with Crippen LogP contribution in [-0.2, 0) is 22.6 Å². The second kappa shape index (κ2) is 10.1. The van der Waals surface area contributed by atoms with E-state index in [1.54, 1.807) is 0 Å². The highest BCUT2D eigenvalue weighted by atomic mass is 16.5. The molecule has 152 valence electrons. The van der Waals surface area contributed by atoms with Gasteiger partial charge in [-0.15, -0.1) is 5.10 Å². The van der Waals surface area contributed by atoms with Crippen molar-refractivity contribution < 1.29 is 9.53 Å². The molecule has 0 N–H and O–H groups in total. The Kier molecular flexibility index (Phi) is 7.54. The Morgan fingerprint density at radius 3 is 2.74 bits per heavy atom. The van der Waals surface area contributed by atoms with E-state index in [-0.39, 0.29) is 5.91 Å². The van der Waals surface area contributed by atoms with Crippen molar-refractivity contribution in [2.75, 3.05) is 52.5 Å². The van der Waals surface area contributed by atoms with E-state index in [0.29, 0.717) is 19.0 Å². The van der Waals surface area contributed by atoms with Crippen LogP contribution in [0, 0.1) is 0 Å². The van der Waals surface area contributed by atoms with Crippen molar-refractivity contribution >= 4 is 5.91 Å². The highest BCUT2D eigenvalue weighted by Gasteiger charge is 2.28. The van der Waals surface area contributed by atoms with E-state index < -0.39 is 0 Å². The van der Waals surface area contributed by atoms with Gasteiger partial charge in [0.25, 0.3) is 0 Å². The van der Waals surface area contributed by atoms with E-state index in [2.05, 4.69) is 39.2 Å². The van der Waals surface area contributed by atoms with Crippen LogP contribution in [0.4, 0.5) is 0 Å². The first-order valence-electron chi connectivity index (χ1n) is 10.3. The first-order valence-corrected chi connectivity index (χ1v) is 10.3. The molecule has 2 fully saturated rings. The maximum absolute atomic E-state index is 12.5. The van der Waals surface area contributed by atoms with E-state index in [9.17, 15) is 4.79 Å². The van der Waals surface area contributed by atoms with Gasteiger partial charge in [-0.25, -0.2) is 4.68 Å². The number of tetrazole rings is 1. The van der Waals surface area contributed by atoms with Gasteiger partial charge in [0, 0.05) is 45.2 Å². The SMILES string of the molecule is CCN(CC)[C@H]1CCN(C(=O)CCCn2nnnc2CN2CCOCC2)C1. The third-order valence-corrected chi connectivity index (χ3v) is 5.68. The molecule has 2 saturated heterocycles. The van der Waals surface area contributed by atoms with Gasteiger partial charge in [0.2, 0.25) is 5.91 Å². The summed E-state index contributed by atoms with van der Waals surface area (Å²) >= 11 is 0. The number of likely N-dealkylation sites (tertiary alicyclic amines) is 1. The third kappa shape index (κ3) is 5.46. The summed E-state index contributed by atoms with van der Waals surface area (Å²) in [6.07, 6.45) is 2.42. The molecule has 0 spiro atoms. The number of likely N-dealkylation sites (N-methyl/N-ethyl adjacent to an activating group) is 1. The number of ether oxygens (including phenoxy) is 1. The van der Waals surface area contributed by atoms with Crippen LogP contribution in [0.2, 0.25) is 0 Å². The molecule has 0 radical (unpaired) electrons. The summed E-state index contributed by atoms with van der Waals surface area (Å²) in [7, 11) is 0. The fourth-order valence-electron chi connectivity index (χ4n) is 4.01. The van der Waals surface area contributed by atoms with E-state index in [1.807, 2.05) is 9.58 Å². The van der Waals surface area contributed by atoms with Gasteiger partial charge in [0.05, 0.1) is 19.8 Å². The van der Waals surface area contributed by atoms with Crippen molar-refractivity contribution in [3.63, 3.8) is 0 Å². The van der Waals surface area contributed by atoms with Gasteiger partial charge in [0.15, 0.2) is 5.82 Å². The third-order valence-electron chi connectivity index (χ3n) is 5.68. The van der Waals surface area contributed by atoms with Crippen LogP contribution in [0.1, 0.15) is 38.9 Å². The molecule has 9 heteroatoms. The highest BCUT2D eigenvalue weighted by Crippen LogP contribution is 2.17. The van der Waals surface area contributed by atoms with E-state index in [0.717, 1.165) is 77.7 Å². The molecule has 0 saturated carbocycles. The predicted octanol–water partition coefficient (Wildman–Crippen LogP) is 0.228.